The Labute approximate surface area is 136 Å². The summed E-state index contributed by atoms with van der Waals surface area (Å²) in [4.78, 5) is 12.0. The van der Waals surface area contributed by atoms with Crippen molar-refractivity contribution in [3.05, 3.63) is 58.9 Å². The number of halogens is 1. The van der Waals surface area contributed by atoms with Crippen molar-refractivity contribution in [1.29, 1.82) is 0 Å². The Bertz CT molecular complexity index is 698. The summed E-state index contributed by atoms with van der Waals surface area (Å²) in [5.41, 5.74) is 3.76. The lowest BCUT2D eigenvalue weighted by atomic mass is 10.0. The number of nitrogens with one attached hydrogen (secondary N) is 1. The molecular weight excluding hydrogens is 293 g/mol. The smallest absolute Gasteiger partial charge is 0.224 e. The summed E-state index contributed by atoms with van der Waals surface area (Å²) in [5, 5.41) is 2.77. The summed E-state index contributed by atoms with van der Waals surface area (Å²) in [6.07, 6.45) is 1.97. The number of rotatable bonds is 6. The van der Waals surface area contributed by atoms with Crippen LogP contribution in [0.1, 0.15) is 29.5 Å². The Hall–Kier alpha value is -2.36. The summed E-state index contributed by atoms with van der Waals surface area (Å²) in [5.74, 6) is 0.398. The van der Waals surface area contributed by atoms with Crippen LogP contribution in [0.5, 0.6) is 5.75 Å². The molecule has 0 heterocycles. The fourth-order valence-corrected chi connectivity index (χ4v) is 2.46. The average molecular weight is 315 g/mol. The van der Waals surface area contributed by atoms with Crippen molar-refractivity contribution >= 4 is 11.6 Å². The molecule has 0 unspecified atom stereocenters. The van der Waals surface area contributed by atoms with Gasteiger partial charge in [-0.2, -0.15) is 0 Å². The zero-order valence-corrected chi connectivity index (χ0v) is 13.8. The highest BCUT2D eigenvalue weighted by atomic mass is 19.1. The molecule has 0 aliphatic carbocycles. The van der Waals surface area contributed by atoms with E-state index in [0.29, 0.717) is 12.1 Å². The van der Waals surface area contributed by atoms with Crippen LogP contribution < -0.4 is 10.1 Å². The van der Waals surface area contributed by atoms with Crippen LogP contribution in [0.2, 0.25) is 0 Å². The molecule has 0 radical (unpaired) electrons. The lowest BCUT2D eigenvalue weighted by Crippen LogP contribution is -2.12. The first-order valence-electron chi connectivity index (χ1n) is 7.69. The van der Waals surface area contributed by atoms with Gasteiger partial charge in [0, 0.05) is 12.1 Å². The molecule has 0 aliphatic heterocycles. The Balaban J connectivity index is 1.86. The van der Waals surface area contributed by atoms with Crippen LogP contribution in [0.3, 0.4) is 0 Å². The van der Waals surface area contributed by atoms with E-state index in [1.807, 2.05) is 32.0 Å². The lowest BCUT2D eigenvalue weighted by molar-refractivity contribution is -0.116. The molecule has 0 atom stereocenters. The standard InChI is InChI=1S/C19H22FNO2/c1-13-7-9-16(20)12-18(13)21-19(22)6-4-5-15-8-10-17(23-3)11-14(15)2/h7-12H,4-6H2,1-3H3,(H,21,22). The minimum absolute atomic E-state index is 0.0927. The minimum Gasteiger partial charge on any atom is -0.497 e. The number of hydrogen-bond acceptors (Lipinski definition) is 2. The van der Waals surface area contributed by atoms with Gasteiger partial charge in [-0.15, -0.1) is 0 Å². The van der Waals surface area contributed by atoms with Crippen LogP contribution in [0.25, 0.3) is 0 Å². The number of aryl methyl sites for hydroxylation is 3. The van der Waals surface area contributed by atoms with Crippen LogP contribution in [0.15, 0.2) is 36.4 Å². The summed E-state index contributed by atoms with van der Waals surface area (Å²) in [6, 6.07) is 10.3. The second kappa shape index (κ2) is 7.77. The van der Waals surface area contributed by atoms with Gasteiger partial charge in [0.05, 0.1) is 7.11 Å². The second-order valence-electron chi connectivity index (χ2n) is 5.65. The van der Waals surface area contributed by atoms with Gasteiger partial charge in [0.1, 0.15) is 11.6 Å². The molecular formula is C19H22FNO2. The van der Waals surface area contributed by atoms with E-state index >= 15 is 0 Å². The number of carbonyl (C=O) groups excluding carboxylic acids is 1. The van der Waals surface area contributed by atoms with E-state index in [0.717, 1.165) is 29.7 Å². The monoisotopic (exact) mass is 315 g/mol. The molecule has 2 rings (SSSR count). The molecule has 0 saturated carbocycles. The van der Waals surface area contributed by atoms with Gasteiger partial charge in [0.25, 0.3) is 0 Å². The number of benzene rings is 2. The fourth-order valence-electron chi connectivity index (χ4n) is 2.46. The maximum atomic E-state index is 13.2. The van der Waals surface area contributed by atoms with Crippen molar-refractivity contribution in [3.63, 3.8) is 0 Å². The fraction of sp³-hybridized carbons (Fsp3) is 0.316. The van der Waals surface area contributed by atoms with E-state index in [2.05, 4.69) is 5.32 Å². The molecule has 23 heavy (non-hydrogen) atoms. The molecule has 0 fully saturated rings. The number of ether oxygens (including phenoxy) is 1. The predicted molar refractivity (Wildman–Crippen MR) is 90.4 cm³/mol. The van der Waals surface area contributed by atoms with Gasteiger partial charge in [-0.3, -0.25) is 4.79 Å². The van der Waals surface area contributed by atoms with E-state index in [9.17, 15) is 9.18 Å². The maximum Gasteiger partial charge on any atom is 0.224 e. The van der Waals surface area contributed by atoms with Crippen LogP contribution in [0, 0.1) is 19.7 Å². The Morgan fingerprint density at radius 3 is 2.61 bits per heavy atom. The zero-order chi connectivity index (χ0) is 16.8. The highest BCUT2D eigenvalue weighted by molar-refractivity contribution is 5.91. The second-order valence-corrected chi connectivity index (χ2v) is 5.65. The third kappa shape index (κ3) is 4.81. The van der Waals surface area contributed by atoms with E-state index < -0.39 is 0 Å². The first kappa shape index (κ1) is 17.0. The number of hydrogen-bond donors (Lipinski definition) is 1. The Kier molecular flexibility index (Phi) is 5.74. The molecule has 3 nitrogen and oxygen atoms in total. The van der Waals surface area contributed by atoms with Crippen LogP contribution >= 0.6 is 0 Å². The predicted octanol–water partition coefficient (Wildman–Crippen LogP) is 4.41. The molecule has 0 bridgehead atoms. The molecule has 2 aromatic carbocycles. The number of carbonyl (C=O) groups is 1. The number of methoxy groups -OCH3 is 1. The quantitative estimate of drug-likeness (QED) is 0.857. The van der Waals surface area contributed by atoms with Crippen molar-refractivity contribution < 1.29 is 13.9 Å². The summed E-state index contributed by atoms with van der Waals surface area (Å²) >= 11 is 0. The molecule has 0 aromatic heterocycles. The van der Waals surface area contributed by atoms with Crippen LogP contribution in [0.4, 0.5) is 10.1 Å². The Morgan fingerprint density at radius 2 is 1.91 bits per heavy atom. The average Bonchev–Trinajstić information content (AvgIpc) is 2.52. The highest BCUT2D eigenvalue weighted by Crippen LogP contribution is 2.19. The molecule has 1 amide bonds. The van der Waals surface area contributed by atoms with Crippen molar-refractivity contribution in [2.24, 2.45) is 0 Å². The number of amides is 1. The molecule has 0 spiro atoms. The molecule has 0 saturated heterocycles. The van der Waals surface area contributed by atoms with Crippen molar-refractivity contribution in [2.75, 3.05) is 12.4 Å². The van der Waals surface area contributed by atoms with E-state index in [4.69, 9.17) is 4.74 Å². The van der Waals surface area contributed by atoms with Crippen molar-refractivity contribution in [1.82, 2.24) is 0 Å². The summed E-state index contributed by atoms with van der Waals surface area (Å²) in [7, 11) is 1.65. The van der Waals surface area contributed by atoms with Crippen molar-refractivity contribution in [2.45, 2.75) is 33.1 Å². The highest BCUT2D eigenvalue weighted by Gasteiger charge is 2.07. The summed E-state index contributed by atoms with van der Waals surface area (Å²) < 4.78 is 18.4. The van der Waals surface area contributed by atoms with Gasteiger partial charge in [0.2, 0.25) is 5.91 Å². The van der Waals surface area contributed by atoms with Gasteiger partial charge >= 0.3 is 0 Å². The lowest BCUT2D eigenvalue weighted by Gasteiger charge is -2.10. The van der Waals surface area contributed by atoms with Gasteiger partial charge in [-0.25, -0.2) is 4.39 Å². The topological polar surface area (TPSA) is 38.3 Å². The molecule has 1 N–H and O–H groups in total. The largest absolute Gasteiger partial charge is 0.497 e. The van der Waals surface area contributed by atoms with E-state index in [1.54, 1.807) is 13.2 Å². The third-order valence-corrected chi connectivity index (χ3v) is 3.87. The third-order valence-electron chi connectivity index (χ3n) is 3.87. The first-order chi connectivity index (χ1) is 11.0. The maximum absolute atomic E-state index is 13.2. The SMILES string of the molecule is COc1ccc(CCCC(=O)Nc2cc(F)ccc2C)c(C)c1. The van der Waals surface area contributed by atoms with Gasteiger partial charge in [0.15, 0.2) is 0 Å². The van der Waals surface area contributed by atoms with Gasteiger partial charge in [-0.05, 0) is 67.6 Å². The molecule has 0 aliphatic rings. The van der Waals surface area contributed by atoms with Crippen LogP contribution in [-0.4, -0.2) is 13.0 Å². The van der Waals surface area contributed by atoms with Gasteiger partial charge < -0.3 is 10.1 Å². The van der Waals surface area contributed by atoms with E-state index in [1.165, 1.54) is 17.7 Å². The normalized spacial score (nSPS) is 10.4. The molecule has 4 heteroatoms. The van der Waals surface area contributed by atoms with Gasteiger partial charge in [-0.1, -0.05) is 12.1 Å². The van der Waals surface area contributed by atoms with E-state index in [-0.39, 0.29) is 11.7 Å². The molecule has 2 aromatic rings. The van der Waals surface area contributed by atoms with Crippen LogP contribution in [-0.2, 0) is 11.2 Å². The summed E-state index contributed by atoms with van der Waals surface area (Å²) in [6.45, 7) is 3.88. The number of anilines is 1. The Morgan fingerprint density at radius 1 is 1.13 bits per heavy atom. The molecule has 122 valence electrons. The minimum atomic E-state index is -0.347. The van der Waals surface area contributed by atoms with Crippen molar-refractivity contribution in [3.8, 4) is 5.75 Å². The first-order valence-corrected chi connectivity index (χ1v) is 7.69. The zero-order valence-electron chi connectivity index (χ0n) is 13.8.